The third kappa shape index (κ3) is 1.83. The van der Waals surface area contributed by atoms with Crippen LogP contribution in [0.25, 0.3) is 0 Å². The van der Waals surface area contributed by atoms with Crippen LogP contribution in [-0.4, -0.2) is 11.8 Å². The molecule has 15 heavy (non-hydrogen) atoms. The topological polar surface area (TPSA) is 123 Å². The zero-order valence-corrected chi connectivity index (χ0v) is 8.38. The fraction of sp³-hybridized carbons (Fsp3) is 0.250. The van der Waals surface area contributed by atoms with Gasteiger partial charge in [-0.15, -0.1) is 0 Å². The number of carbonyl (C=O) groups is 2. The van der Waals surface area contributed by atoms with Gasteiger partial charge in [0, 0.05) is 5.56 Å². The Labute approximate surface area is 85.7 Å². The molecule has 0 aliphatic heterocycles. The first-order chi connectivity index (χ1) is 7.02. The highest BCUT2D eigenvalue weighted by Gasteiger charge is 2.25. The summed E-state index contributed by atoms with van der Waals surface area (Å²) < 4.78 is 5.11. The molecule has 1 aromatic rings. The van der Waals surface area contributed by atoms with Gasteiger partial charge >= 0.3 is 5.91 Å². The number of nitrogens with two attached hydrogens (primary N) is 2. The van der Waals surface area contributed by atoms with Crippen LogP contribution in [0.2, 0.25) is 0 Å². The Morgan fingerprint density at radius 2 is 1.67 bits per heavy atom. The molecule has 82 valence electrons. The molecule has 0 fully saturated rings. The second-order valence-corrected chi connectivity index (χ2v) is 2.93. The van der Waals surface area contributed by atoms with Crippen LogP contribution in [0.3, 0.4) is 0 Å². The molecule has 0 radical (unpaired) electrons. The Kier molecular flexibility index (Phi) is 3.08. The molecule has 1 aromatic heterocycles. The minimum atomic E-state index is -0.676. The van der Waals surface area contributed by atoms with Crippen molar-refractivity contribution in [2.24, 2.45) is 11.7 Å². The molecule has 0 saturated heterocycles. The molecule has 2 amide bonds. The first kappa shape index (κ1) is 11.2. The van der Waals surface area contributed by atoms with E-state index in [1.165, 1.54) is 0 Å². The number of aryl methyl sites for hydroxylation is 1. The normalized spacial score (nSPS) is 9.87. The summed E-state index contributed by atoms with van der Waals surface area (Å²) in [6.45, 7) is 3.28. The van der Waals surface area contributed by atoms with Gasteiger partial charge in [-0.25, -0.2) is 11.7 Å². The van der Waals surface area contributed by atoms with Crippen molar-refractivity contribution in [3.05, 3.63) is 22.6 Å². The number of amides is 2. The van der Waals surface area contributed by atoms with Crippen LogP contribution >= 0.6 is 0 Å². The number of nitrogens with one attached hydrogen (secondary N) is 2. The van der Waals surface area contributed by atoms with Gasteiger partial charge in [0.25, 0.3) is 5.91 Å². The second-order valence-electron chi connectivity index (χ2n) is 2.93. The zero-order chi connectivity index (χ0) is 11.6. The first-order valence-corrected chi connectivity index (χ1v) is 4.14. The molecule has 0 bridgehead atoms. The summed E-state index contributed by atoms with van der Waals surface area (Å²) in [6, 6.07) is 0. The molecule has 0 atom stereocenters. The number of hydrogen-bond acceptors (Lipinski definition) is 5. The molecule has 0 spiro atoms. The van der Waals surface area contributed by atoms with E-state index in [1.54, 1.807) is 13.8 Å². The quantitative estimate of drug-likeness (QED) is 0.287. The third-order valence-corrected chi connectivity index (χ3v) is 2.08. The minimum absolute atomic E-state index is 0.0953. The maximum atomic E-state index is 11.4. The van der Waals surface area contributed by atoms with Crippen molar-refractivity contribution in [2.75, 3.05) is 0 Å². The van der Waals surface area contributed by atoms with Gasteiger partial charge in [0.15, 0.2) is 0 Å². The van der Waals surface area contributed by atoms with Crippen LogP contribution in [0.1, 0.15) is 32.2 Å². The van der Waals surface area contributed by atoms with Gasteiger partial charge in [-0.05, 0) is 13.8 Å². The molecule has 7 heteroatoms. The Balaban J connectivity index is 3.33. The van der Waals surface area contributed by atoms with Gasteiger partial charge in [0.2, 0.25) is 5.76 Å². The highest BCUT2D eigenvalue weighted by Crippen LogP contribution is 2.21. The van der Waals surface area contributed by atoms with Gasteiger partial charge < -0.3 is 4.42 Å². The van der Waals surface area contributed by atoms with Crippen molar-refractivity contribution in [3.8, 4) is 0 Å². The molecule has 0 aromatic carbocycles. The number of rotatable bonds is 2. The molecular formula is C8H12N4O3. The Morgan fingerprint density at radius 1 is 1.13 bits per heavy atom. The van der Waals surface area contributed by atoms with Crippen LogP contribution in [0.4, 0.5) is 0 Å². The fourth-order valence-electron chi connectivity index (χ4n) is 1.20. The predicted octanol–water partition coefficient (Wildman–Crippen LogP) is -0.897. The fourth-order valence-corrected chi connectivity index (χ4v) is 1.20. The lowest BCUT2D eigenvalue weighted by atomic mass is 10.1. The molecule has 0 aliphatic carbocycles. The second kappa shape index (κ2) is 4.11. The largest absolute Gasteiger partial charge is 0.455 e. The van der Waals surface area contributed by atoms with Gasteiger partial charge in [-0.1, -0.05) is 0 Å². The highest BCUT2D eigenvalue weighted by molar-refractivity contribution is 6.06. The summed E-state index contributed by atoms with van der Waals surface area (Å²) in [7, 11) is 0. The van der Waals surface area contributed by atoms with E-state index in [0.29, 0.717) is 11.3 Å². The molecule has 0 aliphatic rings. The van der Waals surface area contributed by atoms with Gasteiger partial charge in [-0.2, -0.15) is 0 Å². The molecule has 1 rings (SSSR count). The number of hydrazine groups is 2. The summed E-state index contributed by atoms with van der Waals surface area (Å²) in [5.74, 6) is 8.99. The van der Waals surface area contributed by atoms with Crippen molar-refractivity contribution >= 4 is 11.8 Å². The number of furan rings is 1. The van der Waals surface area contributed by atoms with Crippen molar-refractivity contribution in [1.82, 2.24) is 10.9 Å². The van der Waals surface area contributed by atoms with Crippen molar-refractivity contribution in [3.63, 3.8) is 0 Å². The van der Waals surface area contributed by atoms with E-state index < -0.39 is 11.8 Å². The molecule has 1 heterocycles. The molecular weight excluding hydrogens is 200 g/mol. The lowest BCUT2D eigenvalue weighted by Gasteiger charge is -2.00. The highest BCUT2D eigenvalue weighted by atomic mass is 16.4. The first-order valence-electron chi connectivity index (χ1n) is 4.14. The SMILES string of the molecule is Cc1oc(C(=O)NN)c(C(=O)NN)c1C. The molecule has 6 N–H and O–H groups in total. The van der Waals surface area contributed by atoms with Crippen LogP contribution in [-0.2, 0) is 0 Å². The van der Waals surface area contributed by atoms with E-state index in [-0.39, 0.29) is 11.3 Å². The van der Waals surface area contributed by atoms with E-state index in [2.05, 4.69) is 0 Å². The monoisotopic (exact) mass is 212 g/mol. The number of nitrogen functional groups attached to an aromatic ring is 2. The smallest absolute Gasteiger partial charge is 0.301 e. The summed E-state index contributed by atoms with van der Waals surface area (Å²) in [5, 5.41) is 0. The maximum Gasteiger partial charge on any atom is 0.301 e. The molecule has 7 nitrogen and oxygen atoms in total. The van der Waals surface area contributed by atoms with Crippen molar-refractivity contribution in [2.45, 2.75) is 13.8 Å². The number of carbonyl (C=O) groups excluding carboxylic acids is 2. The van der Waals surface area contributed by atoms with Crippen LogP contribution < -0.4 is 22.5 Å². The molecule has 0 unspecified atom stereocenters. The average molecular weight is 212 g/mol. The van der Waals surface area contributed by atoms with E-state index in [4.69, 9.17) is 16.1 Å². The average Bonchev–Trinajstić information content (AvgIpc) is 2.53. The van der Waals surface area contributed by atoms with Crippen molar-refractivity contribution < 1.29 is 14.0 Å². The van der Waals surface area contributed by atoms with E-state index >= 15 is 0 Å². The lowest BCUT2D eigenvalue weighted by molar-refractivity contribution is 0.0898. The Hall–Kier alpha value is -1.86. The van der Waals surface area contributed by atoms with Crippen molar-refractivity contribution in [1.29, 1.82) is 0 Å². The Bertz CT molecular complexity index is 410. The zero-order valence-electron chi connectivity index (χ0n) is 8.38. The van der Waals surface area contributed by atoms with Crippen LogP contribution in [0, 0.1) is 13.8 Å². The maximum absolute atomic E-state index is 11.4. The summed E-state index contributed by atoms with van der Waals surface area (Å²) in [4.78, 5) is 22.6. The van der Waals surface area contributed by atoms with E-state index in [0.717, 1.165) is 0 Å². The third-order valence-electron chi connectivity index (χ3n) is 2.08. The van der Waals surface area contributed by atoms with E-state index in [1.807, 2.05) is 10.9 Å². The van der Waals surface area contributed by atoms with Crippen LogP contribution in [0.5, 0.6) is 0 Å². The van der Waals surface area contributed by atoms with Gasteiger partial charge in [-0.3, -0.25) is 20.4 Å². The van der Waals surface area contributed by atoms with Gasteiger partial charge in [0.05, 0.1) is 5.56 Å². The summed E-state index contributed by atoms with van der Waals surface area (Å²) >= 11 is 0. The summed E-state index contributed by atoms with van der Waals surface area (Å²) in [5.41, 5.74) is 4.47. The predicted molar refractivity (Wildman–Crippen MR) is 51.5 cm³/mol. The number of hydrogen-bond donors (Lipinski definition) is 4. The lowest BCUT2D eigenvalue weighted by Crippen LogP contribution is -2.34. The van der Waals surface area contributed by atoms with Gasteiger partial charge in [0.1, 0.15) is 5.76 Å². The van der Waals surface area contributed by atoms with E-state index in [9.17, 15) is 9.59 Å². The standard InChI is InChI=1S/C8H12N4O3/c1-3-4(2)15-6(8(14)12-10)5(3)7(13)11-9/h9-10H2,1-2H3,(H,11,13)(H,12,14). The summed E-state index contributed by atoms with van der Waals surface area (Å²) in [6.07, 6.45) is 0. The van der Waals surface area contributed by atoms with Crippen LogP contribution in [0.15, 0.2) is 4.42 Å². The molecule has 0 saturated carbocycles. The minimum Gasteiger partial charge on any atom is -0.455 e. The Morgan fingerprint density at radius 3 is 2.13 bits per heavy atom.